The SMILES string of the molecule is CC(N)Cc1nc(-c2ccc(F)cc2Br)cs1. The Labute approximate surface area is 112 Å². The van der Waals surface area contributed by atoms with Gasteiger partial charge in [-0.25, -0.2) is 9.37 Å². The third-order valence-corrected chi connectivity index (χ3v) is 3.78. The molecule has 0 aliphatic rings. The molecule has 2 aromatic rings. The number of aromatic nitrogens is 1. The molecule has 2 rings (SSSR count). The zero-order valence-electron chi connectivity index (χ0n) is 9.28. The van der Waals surface area contributed by atoms with Crippen molar-refractivity contribution in [3.05, 3.63) is 38.9 Å². The molecule has 2 nitrogen and oxygen atoms in total. The van der Waals surface area contributed by atoms with Gasteiger partial charge in [0.25, 0.3) is 0 Å². The highest BCUT2D eigenvalue weighted by molar-refractivity contribution is 9.10. The number of halogens is 2. The van der Waals surface area contributed by atoms with Crippen molar-refractivity contribution in [2.45, 2.75) is 19.4 Å². The van der Waals surface area contributed by atoms with Crippen molar-refractivity contribution in [2.24, 2.45) is 5.73 Å². The fraction of sp³-hybridized carbons (Fsp3) is 0.250. The fourth-order valence-corrected chi connectivity index (χ4v) is 2.99. The summed E-state index contributed by atoms with van der Waals surface area (Å²) in [6.45, 7) is 1.95. The highest BCUT2D eigenvalue weighted by Gasteiger charge is 2.09. The van der Waals surface area contributed by atoms with E-state index in [-0.39, 0.29) is 11.9 Å². The van der Waals surface area contributed by atoms with E-state index in [1.807, 2.05) is 12.3 Å². The van der Waals surface area contributed by atoms with Crippen LogP contribution in [0.2, 0.25) is 0 Å². The summed E-state index contributed by atoms with van der Waals surface area (Å²) in [6.07, 6.45) is 0.767. The van der Waals surface area contributed by atoms with Gasteiger partial charge in [0.15, 0.2) is 0 Å². The average molecular weight is 315 g/mol. The Morgan fingerprint density at radius 2 is 2.29 bits per heavy atom. The monoisotopic (exact) mass is 314 g/mol. The number of rotatable bonds is 3. The molecule has 0 saturated carbocycles. The lowest BCUT2D eigenvalue weighted by Gasteiger charge is -2.01. The summed E-state index contributed by atoms with van der Waals surface area (Å²) < 4.78 is 13.7. The van der Waals surface area contributed by atoms with Crippen LogP contribution in [0, 0.1) is 5.82 Å². The van der Waals surface area contributed by atoms with Gasteiger partial charge in [-0.1, -0.05) is 0 Å². The summed E-state index contributed by atoms with van der Waals surface area (Å²) in [4.78, 5) is 4.50. The molecule has 0 fully saturated rings. The first-order valence-electron chi connectivity index (χ1n) is 5.21. The van der Waals surface area contributed by atoms with Crippen molar-refractivity contribution in [2.75, 3.05) is 0 Å². The summed E-state index contributed by atoms with van der Waals surface area (Å²) in [7, 11) is 0. The van der Waals surface area contributed by atoms with E-state index in [1.54, 1.807) is 17.4 Å². The van der Waals surface area contributed by atoms with Crippen LogP contribution in [0.25, 0.3) is 11.3 Å². The quantitative estimate of drug-likeness (QED) is 0.940. The molecule has 5 heteroatoms. The molecule has 0 aliphatic carbocycles. The van der Waals surface area contributed by atoms with E-state index in [0.29, 0.717) is 0 Å². The van der Waals surface area contributed by atoms with Crippen LogP contribution in [-0.4, -0.2) is 11.0 Å². The van der Waals surface area contributed by atoms with E-state index >= 15 is 0 Å². The molecule has 2 N–H and O–H groups in total. The van der Waals surface area contributed by atoms with Gasteiger partial charge in [-0.15, -0.1) is 11.3 Å². The predicted octanol–water partition coefficient (Wildman–Crippen LogP) is 3.60. The second kappa shape index (κ2) is 5.25. The molecular weight excluding hydrogens is 303 g/mol. The summed E-state index contributed by atoms with van der Waals surface area (Å²) >= 11 is 4.92. The summed E-state index contributed by atoms with van der Waals surface area (Å²) in [6, 6.07) is 4.71. The number of nitrogens with two attached hydrogens (primary N) is 1. The van der Waals surface area contributed by atoms with Gasteiger partial charge < -0.3 is 5.73 Å². The Hall–Kier alpha value is -0.780. The molecule has 0 saturated heterocycles. The number of benzene rings is 1. The van der Waals surface area contributed by atoms with E-state index in [4.69, 9.17) is 5.73 Å². The molecule has 0 amide bonds. The first-order valence-corrected chi connectivity index (χ1v) is 6.89. The summed E-state index contributed by atoms with van der Waals surface area (Å²) in [5.74, 6) is -0.258. The van der Waals surface area contributed by atoms with Gasteiger partial charge in [-0.05, 0) is 41.1 Å². The number of hydrogen-bond donors (Lipinski definition) is 1. The highest BCUT2D eigenvalue weighted by atomic mass is 79.9. The minimum absolute atomic E-state index is 0.102. The van der Waals surface area contributed by atoms with Gasteiger partial charge in [0.1, 0.15) is 5.82 Å². The first-order chi connectivity index (χ1) is 8.06. The standard InChI is InChI=1S/C12H12BrFN2S/c1-7(15)4-12-16-11(6-17-12)9-3-2-8(14)5-10(9)13/h2-3,5-7H,4,15H2,1H3. The maximum absolute atomic E-state index is 13.0. The summed E-state index contributed by atoms with van der Waals surface area (Å²) in [5, 5.41) is 2.97. The Morgan fingerprint density at radius 1 is 1.53 bits per heavy atom. The molecule has 1 heterocycles. The van der Waals surface area contributed by atoms with Crippen molar-refractivity contribution in [3.63, 3.8) is 0 Å². The lowest BCUT2D eigenvalue weighted by atomic mass is 10.2. The van der Waals surface area contributed by atoms with Crippen LogP contribution < -0.4 is 5.73 Å². The van der Waals surface area contributed by atoms with Gasteiger partial charge in [-0.3, -0.25) is 0 Å². The van der Waals surface area contributed by atoms with Crippen LogP contribution in [-0.2, 0) is 6.42 Å². The third-order valence-electron chi connectivity index (χ3n) is 2.26. The summed E-state index contributed by atoms with van der Waals surface area (Å²) in [5.41, 5.74) is 7.49. The van der Waals surface area contributed by atoms with Crippen LogP contribution in [0.15, 0.2) is 28.1 Å². The fourth-order valence-electron chi connectivity index (χ4n) is 1.50. The lowest BCUT2D eigenvalue weighted by Crippen LogP contribution is -2.17. The maximum Gasteiger partial charge on any atom is 0.124 e. The van der Waals surface area contributed by atoms with Crippen LogP contribution in [0.5, 0.6) is 0 Å². The zero-order chi connectivity index (χ0) is 12.4. The van der Waals surface area contributed by atoms with E-state index in [9.17, 15) is 4.39 Å². The molecular formula is C12H12BrFN2S. The molecule has 0 spiro atoms. The van der Waals surface area contributed by atoms with Crippen LogP contribution in [0.4, 0.5) is 4.39 Å². The van der Waals surface area contributed by atoms with E-state index in [2.05, 4.69) is 20.9 Å². The topological polar surface area (TPSA) is 38.9 Å². The molecule has 0 aliphatic heterocycles. The van der Waals surface area contributed by atoms with Crippen molar-refractivity contribution in [1.82, 2.24) is 4.98 Å². The minimum atomic E-state index is -0.258. The maximum atomic E-state index is 13.0. The number of nitrogens with zero attached hydrogens (tertiary/aromatic N) is 1. The van der Waals surface area contributed by atoms with Gasteiger partial charge >= 0.3 is 0 Å². The van der Waals surface area contributed by atoms with Gasteiger partial charge in [0, 0.05) is 27.9 Å². The van der Waals surface area contributed by atoms with Gasteiger partial charge in [-0.2, -0.15) is 0 Å². The average Bonchev–Trinajstić information content (AvgIpc) is 2.65. The molecule has 1 aromatic heterocycles. The van der Waals surface area contributed by atoms with Gasteiger partial charge in [0.05, 0.1) is 10.7 Å². The second-order valence-electron chi connectivity index (χ2n) is 3.93. The largest absolute Gasteiger partial charge is 0.328 e. The number of thiazole rings is 1. The highest BCUT2D eigenvalue weighted by Crippen LogP contribution is 2.29. The minimum Gasteiger partial charge on any atom is -0.328 e. The molecule has 0 bridgehead atoms. The molecule has 0 radical (unpaired) electrons. The number of hydrogen-bond acceptors (Lipinski definition) is 3. The van der Waals surface area contributed by atoms with Crippen molar-refractivity contribution < 1.29 is 4.39 Å². The smallest absolute Gasteiger partial charge is 0.124 e. The molecule has 90 valence electrons. The van der Waals surface area contributed by atoms with Crippen LogP contribution in [0.1, 0.15) is 11.9 Å². The second-order valence-corrected chi connectivity index (χ2v) is 5.73. The Morgan fingerprint density at radius 3 is 2.94 bits per heavy atom. The van der Waals surface area contributed by atoms with Crippen molar-refractivity contribution in [3.8, 4) is 11.3 Å². The molecule has 17 heavy (non-hydrogen) atoms. The molecule has 1 unspecified atom stereocenters. The lowest BCUT2D eigenvalue weighted by molar-refractivity contribution is 0.627. The van der Waals surface area contributed by atoms with Crippen molar-refractivity contribution in [1.29, 1.82) is 0 Å². The van der Waals surface area contributed by atoms with E-state index in [0.717, 1.165) is 27.2 Å². The molecule has 1 atom stereocenters. The Balaban J connectivity index is 2.30. The van der Waals surface area contributed by atoms with Crippen LogP contribution >= 0.6 is 27.3 Å². The first kappa shape index (κ1) is 12.7. The zero-order valence-corrected chi connectivity index (χ0v) is 11.7. The predicted molar refractivity (Wildman–Crippen MR) is 72.6 cm³/mol. The van der Waals surface area contributed by atoms with E-state index in [1.165, 1.54) is 12.1 Å². The van der Waals surface area contributed by atoms with Gasteiger partial charge in [0.2, 0.25) is 0 Å². The Bertz CT molecular complexity index is 525. The normalized spacial score (nSPS) is 12.7. The molecule has 1 aromatic carbocycles. The third kappa shape index (κ3) is 3.12. The van der Waals surface area contributed by atoms with E-state index < -0.39 is 0 Å². The Kier molecular flexibility index (Phi) is 3.91. The van der Waals surface area contributed by atoms with Crippen molar-refractivity contribution >= 4 is 27.3 Å². The van der Waals surface area contributed by atoms with Crippen LogP contribution in [0.3, 0.4) is 0 Å².